The zero-order valence-electron chi connectivity index (χ0n) is 11.2. The van der Waals surface area contributed by atoms with Gasteiger partial charge in [-0.15, -0.1) is 11.3 Å². The molecule has 3 aromatic carbocycles. The highest BCUT2D eigenvalue weighted by Crippen LogP contribution is 2.45. The van der Waals surface area contributed by atoms with E-state index in [1.165, 1.54) is 11.3 Å². The summed E-state index contributed by atoms with van der Waals surface area (Å²) in [6.45, 7) is 0. The summed E-state index contributed by atoms with van der Waals surface area (Å²) in [6.07, 6.45) is 0. The topological polar surface area (TPSA) is 43.1 Å². The molecule has 104 valence electrons. The van der Waals surface area contributed by atoms with Crippen molar-refractivity contribution in [3.05, 3.63) is 56.1 Å². The summed E-state index contributed by atoms with van der Waals surface area (Å²) in [5.74, 6) is 0. The van der Waals surface area contributed by atoms with Crippen molar-refractivity contribution in [1.29, 1.82) is 0 Å². The van der Waals surface area contributed by atoms with E-state index in [0.717, 1.165) is 25.6 Å². The smallest absolute Gasteiger partial charge is 0.258 e. The number of hydrogen-bond donors (Lipinski definition) is 0. The van der Waals surface area contributed by atoms with Crippen LogP contribution in [0, 0.1) is 13.7 Å². The van der Waals surface area contributed by atoms with Crippen LogP contribution in [-0.4, -0.2) is 12.8 Å². The van der Waals surface area contributed by atoms with Crippen molar-refractivity contribution in [1.82, 2.24) is 0 Å². The lowest BCUT2D eigenvalue weighted by Gasteiger charge is -2.05. The zero-order valence-corrected chi connectivity index (χ0v) is 14.1. The van der Waals surface area contributed by atoms with Crippen molar-refractivity contribution < 1.29 is 4.92 Å². The molecule has 0 aliphatic rings. The van der Waals surface area contributed by atoms with Crippen molar-refractivity contribution in [2.45, 2.75) is 0 Å². The third-order valence-corrected chi connectivity index (χ3v) is 6.16. The highest BCUT2D eigenvalue weighted by Gasteiger charge is 2.25. The maximum atomic E-state index is 11.7. The Hall–Kier alpha value is -1.67. The van der Waals surface area contributed by atoms with E-state index in [4.69, 9.17) is 7.85 Å². The molecule has 6 heteroatoms. The number of nitro benzene ring substituents is 1. The van der Waals surface area contributed by atoms with Crippen LogP contribution in [0.4, 0.5) is 5.69 Å². The number of halogens is 1. The lowest BCUT2D eigenvalue weighted by Crippen LogP contribution is -2.00. The molecule has 0 N–H and O–H groups in total. The van der Waals surface area contributed by atoms with E-state index in [0.29, 0.717) is 14.4 Å². The number of benzene rings is 3. The maximum Gasteiger partial charge on any atom is 0.292 e. The van der Waals surface area contributed by atoms with Gasteiger partial charge in [-0.05, 0) is 22.6 Å². The van der Waals surface area contributed by atoms with E-state index >= 15 is 0 Å². The van der Waals surface area contributed by atoms with Gasteiger partial charge in [-0.2, -0.15) is 0 Å². The third kappa shape index (κ3) is 1.80. The summed E-state index contributed by atoms with van der Waals surface area (Å²) >= 11 is 3.60. The number of rotatable bonds is 1. The van der Waals surface area contributed by atoms with Gasteiger partial charge in [-0.3, -0.25) is 10.1 Å². The minimum Gasteiger partial charge on any atom is -0.258 e. The van der Waals surface area contributed by atoms with Crippen molar-refractivity contribution in [3.63, 3.8) is 0 Å². The van der Waals surface area contributed by atoms with E-state index in [2.05, 4.69) is 22.6 Å². The Morgan fingerprint density at radius 3 is 2.41 bits per heavy atom. The van der Waals surface area contributed by atoms with Crippen LogP contribution in [0.5, 0.6) is 0 Å². The summed E-state index contributed by atoms with van der Waals surface area (Å²) in [5, 5.41) is 15.2. The lowest BCUT2D eigenvalue weighted by atomic mass is 9.94. The molecule has 3 nitrogen and oxygen atoms in total. The summed E-state index contributed by atoms with van der Waals surface area (Å²) in [5.41, 5.74) is 0.832. The summed E-state index contributed by atoms with van der Waals surface area (Å²) in [7, 11) is 6.07. The normalized spacial score (nSPS) is 11.5. The van der Waals surface area contributed by atoms with Gasteiger partial charge >= 0.3 is 0 Å². The Balaban J connectivity index is 2.42. The average molecular weight is 415 g/mol. The fraction of sp³-hybridized carbons (Fsp3) is 0. The molecule has 4 aromatic rings. The molecule has 0 saturated heterocycles. The second-order valence-corrected chi connectivity index (χ2v) is 7.09. The Labute approximate surface area is 144 Å². The van der Waals surface area contributed by atoms with Crippen LogP contribution in [0.3, 0.4) is 0 Å². The van der Waals surface area contributed by atoms with Crippen LogP contribution in [0.25, 0.3) is 30.9 Å². The zero-order chi connectivity index (χ0) is 15.4. The highest BCUT2D eigenvalue weighted by atomic mass is 127. The van der Waals surface area contributed by atoms with Gasteiger partial charge in [0, 0.05) is 20.9 Å². The molecular weight excluding hydrogens is 408 g/mol. The molecule has 0 aliphatic heterocycles. The second kappa shape index (κ2) is 4.92. The predicted octanol–water partition coefficient (Wildman–Crippen LogP) is 4.51. The first kappa shape index (κ1) is 14.0. The molecule has 0 fully saturated rings. The third-order valence-electron chi connectivity index (χ3n) is 3.78. The number of thiophene rings is 1. The van der Waals surface area contributed by atoms with E-state index in [1.807, 2.05) is 42.5 Å². The maximum absolute atomic E-state index is 11.7. The van der Waals surface area contributed by atoms with Crippen LogP contribution in [0.15, 0.2) is 42.5 Å². The summed E-state index contributed by atoms with van der Waals surface area (Å²) < 4.78 is 2.51. The molecule has 1 aromatic heterocycles. The molecule has 0 amide bonds. The molecule has 0 aliphatic carbocycles. The quantitative estimate of drug-likeness (QED) is 0.199. The van der Waals surface area contributed by atoms with Crippen molar-refractivity contribution in [2.75, 3.05) is 0 Å². The van der Waals surface area contributed by atoms with Crippen LogP contribution >= 0.6 is 33.9 Å². The fourth-order valence-electron chi connectivity index (χ4n) is 2.85. The standard InChI is InChI=1S/C16H7BINO2S/c17-11-7-3-6-10-12-14(19(20)21)13(18)8-4-1-2-5-9(8)16(12)22-15(10)11/h1-7H. The molecular formula is C16H7BINO2S. The van der Waals surface area contributed by atoms with Crippen molar-refractivity contribution >= 4 is 83.9 Å². The Bertz CT molecular complexity index is 1090. The summed E-state index contributed by atoms with van der Waals surface area (Å²) in [4.78, 5) is 11.4. The largest absolute Gasteiger partial charge is 0.292 e. The molecule has 0 spiro atoms. The highest BCUT2D eigenvalue weighted by molar-refractivity contribution is 14.1. The van der Waals surface area contributed by atoms with Crippen molar-refractivity contribution in [2.24, 2.45) is 0 Å². The summed E-state index contributed by atoms with van der Waals surface area (Å²) in [6, 6.07) is 13.4. The molecule has 0 unspecified atom stereocenters. The molecule has 0 atom stereocenters. The molecule has 1 heterocycles. The number of nitrogens with zero attached hydrogens (tertiary/aromatic N) is 1. The first-order chi connectivity index (χ1) is 10.6. The molecule has 4 rings (SSSR count). The van der Waals surface area contributed by atoms with Gasteiger partial charge in [0.2, 0.25) is 0 Å². The first-order valence-corrected chi connectivity index (χ1v) is 8.44. The Kier molecular flexibility index (Phi) is 3.12. The fourth-order valence-corrected chi connectivity index (χ4v) is 5.05. The molecule has 2 radical (unpaired) electrons. The van der Waals surface area contributed by atoms with Crippen LogP contribution in [0.1, 0.15) is 0 Å². The lowest BCUT2D eigenvalue weighted by molar-refractivity contribution is -0.383. The van der Waals surface area contributed by atoms with E-state index in [-0.39, 0.29) is 10.6 Å². The van der Waals surface area contributed by atoms with Crippen LogP contribution in [-0.2, 0) is 0 Å². The van der Waals surface area contributed by atoms with Gasteiger partial charge in [0.1, 0.15) is 7.85 Å². The van der Waals surface area contributed by atoms with Gasteiger partial charge in [0.05, 0.1) is 18.6 Å². The minimum absolute atomic E-state index is 0.172. The number of nitro groups is 1. The Morgan fingerprint density at radius 2 is 1.68 bits per heavy atom. The molecule has 0 bridgehead atoms. The number of hydrogen-bond acceptors (Lipinski definition) is 3. The molecule has 0 saturated carbocycles. The van der Waals surface area contributed by atoms with Crippen LogP contribution in [0.2, 0.25) is 0 Å². The average Bonchev–Trinajstić information content (AvgIpc) is 2.88. The molecule has 22 heavy (non-hydrogen) atoms. The van der Waals surface area contributed by atoms with Gasteiger partial charge in [0.15, 0.2) is 0 Å². The first-order valence-electron chi connectivity index (χ1n) is 6.55. The van der Waals surface area contributed by atoms with Gasteiger partial charge in [0.25, 0.3) is 5.69 Å². The van der Waals surface area contributed by atoms with Crippen molar-refractivity contribution in [3.8, 4) is 0 Å². The van der Waals surface area contributed by atoms with Crippen LogP contribution < -0.4 is 5.46 Å². The predicted molar refractivity (Wildman–Crippen MR) is 102 cm³/mol. The van der Waals surface area contributed by atoms with Gasteiger partial charge in [-0.1, -0.05) is 47.9 Å². The second-order valence-electron chi connectivity index (χ2n) is 5.00. The van der Waals surface area contributed by atoms with E-state index in [9.17, 15) is 10.1 Å². The number of fused-ring (bicyclic) bond motifs is 5. The Morgan fingerprint density at radius 1 is 1.00 bits per heavy atom. The van der Waals surface area contributed by atoms with Gasteiger partial charge in [-0.25, -0.2) is 0 Å². The van der Waals surface area contributed by atoms with Gasteiger partial charge < -0.3 is 0 Å². The monoisotopic (exact) mass is 415 g/mol. The SMILES string of the molecule is [B]c1cccc2c1sc1c3ccccc3c(I)c([N+](=O)[O-])c21. The minimum atomic E-state index is -0.286. The van der Waals surface area contributed by atoms with E-state index < -0.39 is 0 Å². The van der Waals surface area contributed by atoms with E-state index in [1.54, 1.807) is 0 Å².